The van der Waals surface area contributed by atoms with E-state index in [-0.39, 0.29) is 11.9 Å². The third-order valence-corrected chi connectivity index (χ3v) is 2.95. The molecule has 8 heteroatoms. The summed E-state index contributed by atoms with van der Waals surface area (Å²) in [5, 5.41) is 11.8. The summed E-state index contributed by atoms with van der Waals surface area (Å²) in [6.07, 6.45) is 0. The summed E-state index contributed by atoms with van der Waals surface area (Å²) in [5.41, 5.74) is 6.72. The summed E-state index contributed by atoms with van der Waals surface area (Å²) in [5.74, 6) is 0.450. The predicted octanol–water partition coefficient (Wildman–Crippen LogP) is 0.367. The van der Waals surface area contributed by atoms with Crippen LogP contribution in [0.25, 0.3) is 0 Å². The molecule has 0 amide bonds. The van der Waals surface area contributed by atoms with Crippen LogP contribution in [0.4, 0.5) is 5.95 Å². The average molecular weight is 297 g/mol. The molecular formula is C13H23N5O3. The van der Waals surface area contributed by atoms with Crippen molar-refractivity contribution in [3.63, 3.8) is 0 Å². The summed E-state index contributed by atoms with van der Waals surface area (Å²) >= 11 is 0. The van der Waals surface area contributed by atoms with Crippen LogP contribution in [0.1, 0.15) is 18.3 Å². The molecule has 0 aliphatic heterocycles. The molecule has 0 bridgehead atoms. The van der Waals surface area contributed by atoms with Crippen molar-refractivity contribution >= 4 is 11.8 Å². The Morgan fingerprint density at radius 2 is 2.14 bits per heavy atom. The normalized spacial score (nSPS) is 13.2. The Bertz CT molecular complexity index is 481. The second-order valence-electron chi connectivity index (χ2n) is 4.67. The number of aromatic nitrogens is 2. The van der Waals surface area contributed by atoms with E-state index in [4.69, 9.17) is 20.4 Å². The van der Waals surface area contributed by atoms with Gasteiger partial charge in [0.25, 0.3) is 0 Å². The van der Waals surface area contributed by atoms with Crippen LogP contribution in [0.2, 0.25) is 0 Å². The fraction of sp³-hybridized carbons (Fsp3) is 0.615. The molecule has 1 rings (SSSR count). The predicted molar refractivity (Wildman–Crippen MR) is 79.8 cm³/mol. The first-order chi connectivity index (χ1) is 10.0. The number of nitrogens with zero attached hydrogens (tertiary/aromatic N) is 4. The van der Waals surface area contributed by atoms with Gasteiger partial charge in [-0.3, -0.25) is 0 Å². The number of anilines is 1. The Hall–Kier alpha value is -1.93. The van der Waals surface area contributed by atoms with Gasteiger partial charge in [0.05, 0.1) is 19.3 Å². The molecule has 1 aromatic rings. The molecule has 0 spiro atoms. The second kappa shape index (κ2) is 8.38. The maximum Gasteiger partial charge on any atom is 0.226 e. The molecule has 0 fully saturated rings. The zero-order valence-electron chi connectivity index (χ0n) is 12.9. The van der Waals surface area contributed by atoms with Crippen LogP contribution in [0.15, 0.2) is 11.2 Å². The molecule has 0 radical (unpaired) electrons. The van der Waals surface area contributed by atoms with Gasteiger partial charge in [-0.2, -0.15) is 0 Å². The molecule has 21 heavy (non-hydrogen) atoms. The summed E-state index contributed by atoms with van der Waals surface area (Å²) < 4.78 is 10.3. The quantitative estimate of drug-likeness (QED) is 0.309. The largest absolute Gasteiger partial charge is 0.409 e. The van der Waals surface area contributed by atoms with Gasteiger partial charge >= 0.3 is 0 Å². The molecule has 1 unspecified atom stereocenters. The summed E-state index contributed by atoms with van der Waals surface area (Å²) in [4.78, 5) is 10.7. The molecular weight excluding hydrogens is 274 g/mol. The molecule has 3 N–H and O–H groups in total. The summed E-state index contributed by atoms with van der Waals surface area (Å²) in [7, 11) is 3.28. The van der Waals surface area contributed by atoms with Gasteiger partial charge in [0, 0.05) is 26.5 Å². The van der Waals surface area contributed by atoms with Gasteiger partial charge in [-0.1, -0.05) is 5.16 Å². The Balaban J connectivity index is 3.13. The number of rotatable bonds is 8. The summed E-state index contributed by atoms with van der Waals surface area (Å²) in [6, 6.07) is 1.72. The molecule has 8 nitrogen and oxygen atoms in total. The Labute approximate surface area is 124 Å². The topological polar surface area (TPSA) is 106 Å². The van der Waals surface area contributed by atoms with Crippen molar-refractivity contribution in [1.29, 1.82) is 0 Å². The first-order valence-electron chi connectivity index (χ1n) is 6.61. The van der Waals surface area contributed by atoms with E-state index < -0.39 is 0 Å². The van der Waals surface area contributed by atoms with E-state index in [0.717, 1.165) is 5.69 Å². The van der Waals surface area contributed by atoms with E-state index in [0.29, 0.717) is 31.4 Å². The first-order valence-corrected chi connectivity index (χ1v) is 6.61. The third kappa shape index (κ3) is 4.83. The monoisotopic (exact) mass is 297 g/mol. The molecule has 118 valence electrons. The first kappa shape index (κ1) is 17.1. The number of ether oxygens (including phenoxy) is 2. The number of oxime groups is 1. The van der Waals surface area contributed by atoms with E-state index in [9.17, 15) is 0 Å². The molecule has 1 atom stereocenters. The molecule has 0 aliphatic carbocycles. The van der Waals surface area contributed by atoms with E-state index in [1.54, 1.807) is 20.3 Å². The van der Waals surface area contributed by atoms with Crippen molar-refractivity contribution in [3.8, 4) is 0 Å². The fourth-order valence-electron chi connectivity index (χ4n) is 1.90. The van der Waals surface area contributed by atoms with Crippen LogP contribution < -0.4 is 10.6 Å². The van der Waals surface area contributed by atoms with Gasteiger partial charge in [0.2, 0.25) is 5.95 Å². The number of nitrogens with two attached hydrogens (primary N) is 1. The zero-order chi connectivity index (χ0) is 15.8. The Kier molecular flexibility index (Phi) is 6.83. The molecule has 0 saturated heterocycles. The second-order valence-corrected chi connectivity index (χ2v) is 4.67. The van der Waals surface area contributed by atoms with Gasteiger partial charge in [0.1, 0.15) is 5.69 Å². The van der Waals surface area contributed by atoms with Gasteiger partial charge in [-0.05, 0) is 19.9 Å². The molecule has 0 aromatic carbocycles. The number of hydrogen-bond donors (Lipinski definition) is 2. The number of amidine groups is 1. The minimum Gasteiger partial charge on any atom is -0.409 e. The van der Waals surface area contributed by atoms with Crippen LogP contribution in [-0.4, -0.2) is 61.0 Å². The number of methoxy groups -OCH3 is 2. The van der Waals surface area contributed by atoms with E-state index in [1.165, 1.54) is 0 Å². The van der Waals surface area contributed by atoms with Crippen molar-refractivity contribution in [1.82, 2.24) is 9.97 Å². The highest BCUT2D eigenvalue weighted by Crippen LogP contribution is 2.14. The molecule has 0 aliphatic rings. The van der Waals surface area contributed by atoms with E-state index in [1.807, 2.05) is 18.7 Å². The van der Waals surface area contributed by atoms with Crippen LogP contribution >= 0.6 is 0 Å². The highest BCUT2D eigenvalue weighted by Gasteiger charge is 2.18. The third-order valence-electron chi connectivity index (χ3n) is 2.95. The lowest BCUT2D eigenvalue weighted by molar-refractivity contribution is 0.170. The molecule has 1 aromatic heterocycles. The average Bonchev–Trinajstić information content (AvgIpc) is 2.46. The Morgan fingerprint density at radius 3 is 2.71 bits per heavy atom. The maximum absolute atomic E-state index is 8.79. The smallest absolute Gasteiger partial charge is 0.226 e. The molecule has 0 saturated carbocycles. The van der Waals surface area contributed by atoms with Gasteiger partial charge < -0.3 is 25.3 Å². The number of aryl methyl sites for hydroxylation is 1. The Morgan fingerprint density at radius 1 is 1.43 bits per heavy atom. The van der Waals surface area contributed by atoms with Gasteiger partial charge in [-0.25, -0.2) is 9.97 Å². The zero-order valence-corrected chi connectivity index (χ0v) is 12.9. The van der Waals surface area contributed by atoms with Crippen molar-refractivity contribution < 1.29 is 14.7 Å². The van der Waals surface area contributed by atoms with Crippen LogP contribution in [-0.2, 0) is 9.47 Å². The van der Waals surface area contributed by atoms with Crippen LogP contribution in [0, 0.1) is 6.92 Å². The van der Waals surface area contributed by atoms with Crippen molar-refractivity contribution in [2.45, 2.75) is 19.9 Å². The minimum absolute atomic E-state index is 0.0483. The molecule has 1 heterocycles. The van der Waals surface area contributed by atoms with Crippen molar-refractivity contribution in [2.75, 3.05) is 38.9 Å². The van der Waals surface area contributed by atoms with Gasteiger partial charge in [-0.15, -0.1) is 0 Å². The lowest BCUT2D eigenvalue weighted by Crippen LogP contribution is -2.40. The minimum atomic E-state index is -0.0483. The highest BCUT2D eigenvalue weighted by atomic mass is 16.5. The SMILES string of the molecule is COCCN(c1nc(C)cc(/C(N)=N/O)n1)C(C)COC. The standard InChI is InChI=1S/C13H23N5O3/c1-9-7-11(12(14)17-19)16-13(15-9)18(5-6-20-3)10(2)8-21-4/h7,10,19H,5-6,8H2,1-4H3,(H2,14,17). The van der Waals surface area contributed by atoms with E-state index in [2.05, 4.69) is 15.1 Å². The maximum atomic E-state index is 8.79. The van der Waals surface area contributed by atoms with Crippen LogP contribution in [0.5, 0.6) is 0 Å². The number of hydrogen-bond acceptors (Lipinski definition) is 7. The highest BCUT2D eigenvalue weighted by molar-refractivity contribution is 5.95. The van der Waals surface area contributed by atoms with E-state index >= 15 is 0 Å². The van der Waals surface area contributed by atoms with Crippen LogP contribution in [0.3, 0.4) is 0 Å². The lowest BCUT2D eigenvalue weighted by atomic mass is 10.3. The van der Waals surface area contributed by atoms with Gasteiger partial charge in [0.15, 0.2) is 5.84 Å². The fourth-order valence-corrected chi connectivity index (χ4v) is 1.90. The van der Waals surface area contributed by atoms with Crippen molar-refractivity contribution in [2.24, 2.45) is 10.9 Å². The summed E-state index contributed by atoms with van der Waals surface area (Å²) in [6.45, 7) is 5.51. The lowest BCUT2D eigenvalue weighted by Gasteiger charge is -2.29. The van der Waals surface area contributed by atoms with Crippen molar-refractivity contribution in [3.05, 3.63) is 17.5 Å².